The van der Waals surface area contributed by atoms with Crippen LogP contribution in [0.25, 0.3) is 11.0 Å². The minimum atomic E-state index is -3.81. The molecule has 0 unspecified atom stereocenters. The maximum Gasteiger partial charge on any atom is 0.238 e. The first-order chi connectivity index (χ1) is 15.3. The first-order valence-electron chi connectivity index (χ1n) is 10.6. The molecule has 0 fully saturated rings. The van der Waals surface area contributed by atoms with Crippen LogP contribution in [0.5, 0.6) is 11.5 Å². The Morgan fingerprint density at radius 1 is 1.16 bits per heavy atom. The van der Waals surface area contributed by atoms with Crippen molar-refractivity contribution in [2.45, 2.75) is 44.0 Å². The lowest BCUT2D eigenvalue weighted by molar-refractivity contribution is -0.116. The summed E-state index contributed by atoms with van der Waals surface area (Å²) >= 11 is 0. The Balaban J connectivity index is 1.49. The quantitative estimate of drug-likeness (QED) is 0.561. The zero-order valence-electron chi connectivity index (χ0n) is 17.8. The Bertz CT molecular complexity index is 1250. The summed E-state index contributed by atoms with van der Waals surface area (Å²) in [6.45, 7) is 3.94. The number of benzene rings is 2. The lowest BCUT2D eigenvalue weighted by Gasteiger charge is -2.11. The zero-order chi connectivity index (χ0) is 22.7. The van der Waals surface area contributed by atoms with Crippen LogP contribution in [0.2, 0.25) is 0 Å². The van der Waals surface area contributed by atoms with Gasteiger partial charge in [-0.05, 0) is 36.8 Å². The minimum absolute atomic E-state index is 0.0184. The highest BCUT2D eigenvalue weighted by molar-refractivity contribution is 7.89. The third-order valence-electron chi connectivity index (χ3n) is 5.18. The molecule has 3 aromatic rings. The summed E-state index contributed by atoms with van der Waals surface area (Å²) in [4.78, 5) is 17.2. The van der Waals surface area contributed by atoms with Crippen molar-refractivity contribution >= 4 is 32.7 Å². The van der Waals surface area contributed by atoms with E-state index < -0.39 is 10.0 Å². The van der Waals surface area contributed by atoms with E-state index in [2.05, 4.69) is 10.3 Å². The highest BCUT2D eigenvalue weighted by atomic mass is 32.2. The van der Waals surface area contributed by atoms with Gasteiger partial charge < -0.3 is 19.4 Å². The van der Waals surface area contributed by atoms with Crippen molar-refractivity contribution in [1.82, 2.24) is 9.55 Å². The molecule has 0 saturated heterocycles. The molecule has 1 aliphatic rings. The molecular formula is C22H26N4O5S. The van der Waals surface area contributed by atoms with E-state index in [0.29, 0.717) is 48.9 Å². The molecule has 0 radical (unpaired) electrons. The highest BCUT2D eigenvalue weighted by Crippen LogP contribution is 2.32. The van der Waals surface area contributed by atoms with Gasteiger partial charge in [0.25, 0.3) is 0 Å². The van der Waals surface area contributed by atoms with Gasteiger partial charge in [-0.3, -0.25) is 4.79 Å². The predicted octanol–water partition coefficient (Wildman–Crippen LogP) is 2.83. The number of nitrogens with two attached hydrogens (primary N) is 1. The summed E-state index contributed by atoms with van der Waals surface area (Å²) in [5.74, 6) is 1.87. The van der Waals surface area contributed by atoms with E-state index in [-0.39, 0.29) is 17.2 Å². The number of nitrogens with zero attached hydrogens (tertiary/aromatic N) is 2. The van der Waals surface area contributed by atoms with Crippen molar-refractivity contribution in [2.24, 2.45) is 5.14 Å². The summed E-state index contributed by atoms with van der Waals surface area (Å²) in [5.41, 5.74) is 2.00. The number of ether oxygens (including phenoxy) is 2. The fourth-order valence-corrected chi connectivity index (χ4v) is 4.22. The molecule has 2 aromatic carbocycles. The average Bonchev–Trinajstić information content (AvgIpc) is 2.92. The molecule has 10 heteroatoms. The summed E-state index contributed by atoms with van der Waals surface area (Å²) < 4.78 is 36.6. The third kappa shape index (κ3) is 4.86. The molecule has 1 aromatic heterocycles. The number of aromatic nitrogens is 2. The number of primary sulfonamides is 1. The van der Waals surface area contributed by atoms with Crippen LogP contribution < -0.4 is 19.9 Å². The molecule has 0 saturated carbocycles. The molecule has 32 heavy (non-hydrogen) atoms. The molecule has 4 rings (SSSR count). The van der Waals surface area contributed by atoms with Crippen LogP contribution in [0.15, 0.2) is 41.3 Å². The fourth-order valence-electron chi connectivity index (χ4n) is 3.69. The molecule has 3 N–H and O–H groups in total. The normalized spacial score (nSPS) is 13.7. The molecule has 0 atom stereocenters. The van der Waals surface area contributed by atoms with Crippen molar-refractivity contribution in [1.29, 1.82) is 0 Å². The molecule has 9 nitrogen and oxygen atoms in total. The number of nitrogens with one attached hydrogen (secondary N) is 1. The van der Waals surface area contributed by atoms with Crippen molar-refractivity contribution in [3.05, 3.63) is 42.2 Å². The van der Waals surface area contributed by atoms with Gasteiger partial charge in [-0.25, -0.2) is 18.5 Å². The summed E-state index contributed by atoms with van der Waals surface area (Å²) in [6.07, 6.45) is 2.33. The largest absolute Gasteiger partial charge is 0.490 e. The van der Waals surface area contributed by atoms with Gasteiger partial charge >= 0.3 is 0 Å². The van der Waals surface area contributed by atoms with Gasteiger partial charge in [0.15, 0.2) is 11.5 Å². The minimum Gasteiger partial charge on any atom is -0.490 e. The van der Waals surface area contributed by atoms with Crippen LogP contribution in [0, 0.1) is 0 Å². The van der Waals surface area contributed by atoms with Crippen LogP contribution in [0.4, 0.5) is 5.69 Å². The lowest BCUT2D eigenvalue weighted by atomic mass is 10.2. The van der Waals surface area contributed by atoms with Crippen molar-refractivity contribution < 1.29 is 22.7 Å². The Hall–Kier alpha value is -3.11. The van der Waals surface area contributed by atoms with Gasteiger partial charge in [0.05, 0.1) is 29.1 Å². The molecule has 1 amide bonds. The molecule has 170 valence electrons. The summed E-state index contributed by atoms with van der Waals surface area (Å²) in [6, 6.07) is 10.00. The number of fused-ring (bicyclic) bond motifs is 2. The highest BCUT2D eigenvalue weighted by Gasteiger charge is 2.16. The van der Waals surface area contributed by atoms with Crippen LogP contribution in [-0.4, -0.2) is 37.1 Å². The van der Waals surface area contributed by atoms with Crippen molar-refractivity contribution in [3.8, 4) is 11.5 Å². The maximum atomic E-state index is 12.6. The summed E-state index contributed by atoms with van der Waals surface area (Å²) in [7, 11) is -3.81. The Morgan fingerprint density at radius 2 is 1.94 bits per heavy atom. The molecule has 0 spiro atoms. The SMILES string of the molecule is CCCn1c(CCC(=O)Nc2ccc3c(c2)OCCCO3)nc2cc(S(N)(=O)=O)ccc21. The lowest BCUT2D eigenvalue weighted by Crippen LogP contribution is -2.14. The van der Waals surface area contributed by atoms with E-state index in [1.54, 1.807) is 24.3 Å². The molecule has 0 aliphatic carbocycles. The predicted molar refractivity (Wildman–Crippen MR) is 120 cm³/mol. The van der Waals surface area contributed by atoms with Gasteiger partial charge in [0.1, 0.15) is 5.82 Å². The van der Waals surface area contributed by atoms with Gasteiger partial charge in [-0.1, -0.05) is 6.92 Å². The van der Waals surface area contributed by atoms with Crippen LogP contribution in [-0.2, 0) is 27.8 Å². The zero-order valence-corrected chi connectivity index (χ0v) is 18.7. The van der Waals surface area contributed by atoms with Gasteiger partial charge in [0.2, 0.25) is 15.9 Å². The van der Waals surface area contributed by atoms with Crippen LogP contribution in [0.3, 0.4) is 0 Å². The number of hydrogen-bond donors (Lipinski definition) is 2. The number of amides is 1. The maximum absolute atomic E-state index is 12.6. The van der Waals surface area contributed by atoms with Gasteiger partial charge in [-0.2, -0.15) is 0 Å². The number of hydrogen-bond acceptors (Lipinski definition) is 6. The number of imidazole rings is 1. The molecular weight excluding hydrogens is 432 g/mol. The fraction of sp³-hybridized carbons (Fsp3) is 0.364. The number of rotatable bonds is 7. The van der Waals surface area contributed by atoms with E-state index in [9.17, 15) is 13.2 Å². The Labute approximate surface area is 186 Å². The number of carbonyl (C=O) groups excluding carboxylic acids is 1. The summed E-state index contributed by atoms with van der Waals surface area (Å²) in [5, 5.41) is 8.13. The second-order valence-electron chi connectivity index (χ2n) is 7.64. The van der Waals surface area contributed by atoms with E-state index in [4.69, 9.17) is 14.6 Å². The Morgan fingerprint density at radius 3 is 2.69 bits per heavy atom. The van der Waals surface area contributed by atoms with E-state index in [1.807, 2.05) is 11.5 Å². The first-order valence-corrected chi connectivity index (χ1v) is 12.1. The van der Waals surface area contributed by atoms with E-state index in [0.717, 1.165) is 24.2 Å². The average molecular weight is 459 g/mol. The number of sulfonamides is 1. The van der Waals surface area contributed by atoms with Crippen molar-refractivity contribution in [2.75, 3.05) is 18.5 Å². The molecule has 1 aliphatic heterocycles. The van der Waals surface area contributed by atoms with Crippen molar-refractivity contribution in [3.63, 3.8) is 0 Å². The second-order valence-corrected chi connectivity index (χ2v) is 9.20. The standard InChI is InChI=1S/C22H26N4O5S/c1-2-10-26-18-6-5-16(32(23,28)29)14-17(18)25-21(26)8-9-22(27)24-15-4-7-19-20(13-15)31-12-3-11-30-19/h4-7,13-14H,2-3,8-12H2,1H3,(H,24,27)(H2,23,28,29). The number of carbonyl (C=O) groups is 1. The van der Waals surface area contributed by atoms with E-state index in [1.165, 1.54) is 12.1 Å². The van der Waals surface area contributed by atoms with Gasteiger partial charge in [-0.15, -0.1) is 0 Å². The van der Waals surface area contributed by atoms with Crippen LogP contribution in [0.1, 0.15) is 32.0 Å². The van der Waals surface area contributed by atoms with E-state index >= 15 is 0 Å². The first kappa shape index (κ1) is 22.1. The molecule has 2 heterocycles. The number of aryl methyl sites for hydroxylation is 2. The molecule has 0 bridgehead atoms. The monoisotopic (exact) mass is 458 g/mol. The third-order valence-corrected chi connectivity index (χ3v) is 6.09. The topological polar surface area (TPSA) is 126 Å². The second kappa shape index (κ2) is 9.17. The Kier molecular flexibility index (Phi) is 6.33. The number of anilines is 1. The smallest absolute Gasteiger partial charge is 0.238 e. The van der Waals surface area contributed by atoms with Gasteiger partial charge in [0, 0.05) is 37.6 Å². The van der Waals surface area contributed by atoms with Crippen LogP contribution >= 0.6 is 0 Å².